The number of nitrogens with zero attached hydrogens (tertiary/aromatic N) is 1. The maximum atomic E-state index is 11.3. The smallest absolute Gasteiger partial charge is 0.222 e. The number of nitrogens with one attached hydrogen (secondary N) is 1. The Bertz CT molecular complexity index is 525. The van der Waals surface area contributed by atoms with Crippen molar-refractivity contribution in [2.24, 2.45) is 11.7 Å². The van der Waals surface area contributed by atoms with Gasteiger partial charge < -0.3 is 16.0 Å². The van der Waals surface area contributed by atoms with E-state index in [4.69, 9.17) is 17.3 Å². The van der Waals surface area contributed by atoms with Gasteiger partial charge in [-0.25, -0.2) is 0 Å². The third kappa shape index (κ3) is 4.11. The summed E-state index contributed by atoms with van der Waals surface area (Å²) < 4.78 is 0. The average Bonchev–Trinajstić information content (AvgIpc) is 2.85. The van der Waals surface area contributed by atoms with Crippen LogP contribution in [0.2, 0.25) is 5.02 Å². The number of carbonyl (C=O) groups is 1. The second kappa shape index (κ2) is 6.24. The number of benzene rings is 1. The van der Waals surface area contributed by atoms with Gasteiger partial charge in [0.15, 0.2) is 0 Å². The van der Waals surface area contributed by atoms with E-state index in [0.717, 1.165) is 29.2 Å². The van der Waals surface area contributed by atoms with Gasteiger partial charge in [0.2, 0.25) is 5.91 Å². The lowest BCUT2D eigenvalue weighted by molar-refractivity contribution is -0.121. The van der Waals surface area contributed by atoms with Gasteiger partial charge in [0.25, 0.3) is 0 Å². The van der Waals surface area contributed by atoms with E-state index in [1.54, 1.807) is 0 Å². The highest BCUT2D eigenvalue weighted by Gasteiger charge is 2.28. The number of hydrogen-bond acceptors (Lipinski definition) is 3. The van der Waals surface area contributed by atoms with Gasteiger partial charge in [-0.05, 0) is 39.3 Å². The third-order valence-electron chi connectivity index (χ3n) is 3.82. The Morgan fingerprint density at radius 1 is 1.48 bits per heavy atom. The molecule has 116 valence electrons. The molecule has 0 aromatic heterocycles. The fraction of sp³-hybridized carbons (Fsp3) is 0.562. The number of nitrogens with two attached hydrogens (primary N) is 1. The number of primary amides is 1. The molecule has 1 aliphatic heterocycles. The van der Waals surface area contributed by atoms with Crippen LogP contribution in [0.3, 0.4) is 0 Å². The summed E-state index contributed by atoms with van der Waals surface area (Å²) in [5, 5.41) is 4.23. The summed E-state index contributed by atoms with van der Waals surface area (Å²) in [6.07, 6.45) is 0.813. The highest BCUT2D eigenvalue weighted by Crippen LogP contribution is 2.31. The first kappa shape index (κ1) is 16.1. The Balaban J connectivity index is 2.20. The van der Waals surface area contributed by atoms with E-state index in [1.165, 1.54) is 0 Å². The molecule has 2 rings (SSSR count). The molecule has 1 unspecified atom stereocenters. The van der Waals surface area contributed by atoms with Crippen LogP contribution in [0.4, 0.5) is 5.69 Å². The molecule has 1 atom stereocenters. The van der Waals surface area contributed by atoms with Crippen LogP contribution < -0.4 is 16.0 Å². The van der Waals surface area contributed by atoms with Gasteiger partial charge in [-0.1, -0.05) is 17.7 Å². The molecule has 0 radical (unpaired) electrons. The molecular weight excluding hydrogens is 286 g/mol. The van der Waals surface area contributed by atoms with Crippen molar-refractivity contribution in [2.45, 2.75) is 39.3 Å². The van der Waals surface area contributed by atoms with Crippen molar-refractivity contribution in [3.63, 3.8) is 0 Å². The maximum Gasteiger partial charge on any atom is 0.222 e. The minimum absolute atomic E-state index is 0.0250. The third-order valence-corrected chi connectivity index (χ3v) is 4.18. The Kier molecular flexibility index (Phi) is 4.79. The molecule has 4 nitrogen and oxygen atoms in total. The van der Waals surface area contributed by atoms with E-state index in [1.807, 2.05) is 12.1 Å². The Labute approximate surface area is 131 Å². The molecule has 3 N–H and O–H groups in total. The van der Waals surface area contributed by atoms with Crippen molar-refractivity contribution < 1.29 is 4.79 Å². The molecule has 1 aliphatic rings. The lowest BCUT2D eigenvalue weighted by Crippen LogP contribution is -2.36. The van der Waals surface area contributed by atoms with Crippen molar-refractivity contribution in [1.29, 1.82) is 0 Å². The van der Waals surface area contributed by atoms with Crippen molar-refractivity contribution in [1.82, 2.24) is 5.32 Å². The molecule has 21 heavy (non-hydrogen) atoms. The van der Waals surface area contributed by atoms with E-state index >= 15 is 0 Å². The summed E-state index contributed by atoms with van der Waals surface area (Å²) >= 11 is 6.38. The van der Waals surface area contributed by atoms with Crippen LogP contribution in [0.25, 0.3) is 0 Å². The summed E-state index contributed by atoms with van der Waals surface area (Å²) in [7, 11) is 0. The Morgan fingerprint density at radius 3 is 2.76 bits per heavy atom. The van der Waals surface area contributed by atoms with Crippen LogP contribution in [-0.2, 0) is 11.3 Å². The second-order valence-corrected chi connectivity index (χ2v) is 7.08. The zero-order chi connectivity index (χ0) is 15.6. The number of carbonyl (C=O) groups excluding carboxylic acids is 1. The van der Waals surface area contributed by atoms with Crippen molar-refractivity contribution in [2.75, 3.05) is 18.0 Å². The lowest BCUT2D eigenvalue weighted by atomic mass is 10.1. The van der Waals surface area contributed by atoms with E-state index in [2.05, 4.69) is 37.1 Å². The van der Waals surface area contributed by atoms with Gasteiger partial charge in [0.05, 0.1) is 5.92 Å². The SMILES string of the molecule is CC(C)(C)NCc1c(Cl)cccc1N1CCC(C(N)=O)C1. The standard InChI is InChI=1S/C16H24ClN3O/c1-16(2,3)19-9-12-13(17)5-4-6-14(12)20-8-7-11(10-20)15(18)21/h4-6,11,19H,7-10H2,1-3H3,(H2,18,21). The van der Waals surface area contributed by atoms with Crippen LogP contribution in [-0.4, -0.2) is 24.5 Å². The molecule has 1 saturated heterocycles. The zero-order valence-electron chi connectivity index (χ0n) is 12.9. The molecule has 1 fully saturated rings. The van der Waals surface area contributed by atoms with Gasteiger partial charge >= 0.3 is 0 Å². The van der Waals surface area contributed by atoms with Crippen molar-refractivity contribution in [3.05, 3.63) is 28.8 Å². The Hall–Kier alpha value is -1.26. The summed E-state index contributed by atoms with van der Waals surface area (Å²) in [6.45, 7) is 8.61. The van der Waals surface area contributed by atoms with Crippen molar-refractivity contribution >= 4 is 23.2 Å². The largest absolute Gasteiger partial charge is 0.370 e. The molecule has 1 heterocycles. The van der Waals surface area contributed by atoms with Gasteiger partial charge in [-0.3, -0.25) is 4.79 Å². The number of halogens is 1. The molecule has 1 amide bonds. The summed E-state index contributed by atoms with van der Waals surface area (Å²) in [6, 6.07) is 5.93. The zero-order valence-corrected chi connectivity index (χ0v) is 13.7. The van der Waals surface area contributed by atoms with Gasteiger partial charge in [0, 0.05) is 41.4 Å². The van der Waals surface area contributed by atoms with Gasteiger partial charge in [0.1, 0.15) is 0 Å². The molecule has 0 saturated carbocycles. The van der Waals surface area contributed by atoms with Crippen LogP contribution in [0.5, 0.6) is 0 Å². The van der Waals surface area contributed by atoms with Crippen LogP contribution >= 0.6 is 11.6 Å². The average molecular weight is 310 g/mol. The first-order valence-corrected chi connectivity index (χ1v) is 7.72. The van der Waals surface area contributed by atoms with Gasteiger partial charge in [-0.15, -0.1) is 0 Å². The maximum absolute atomic E-state index is 11.3. The molecule has 1 aromatic rings. The first-order valence-electron chi connectivity index (χ1n) is 7.34. The fourth-order valence-corrected chi connectivity index (χ4v) is 2.82. The second-order valence-electron chi connectivity index (χ2n) is 6.68. The van der Waals surface area contributed by atoms with Crippen molar-refractivity contribution in [3.8, 4) is 0 Å². The number of rotatable bonds is 4. The number of anilines is 1. The lowest BCUT2D eigenvalue weighted by Gasteiger charge is -2.26. The molecule has 1 aromatic carbocycles. The first-order chi connectivity index (χ1) is 9.78. The molecule has 0 aliphatic carbocycles. The van der Waals surface area contributed by atoms with E-state index < -0.39 is 0 Å². The molecular formula is C16H24ClN3O. The summed E-state index contributed by atoms with van der Waals surface area (Å²) in [5.74, 6) is -0.277. The molecule has 0 bridgehead atoms. The minimum atomic E-state index is -0.214. The van der Waals surface area contributed by atoms with E-state index in [9.17, 15) is 4.79 Å². The normalized spacial score (nSPS) is 19.0. The number of hydrogen-bond donors (Lipinski definition) is 2. The number of amides is 1. The topological polar surface area (TPSA) is 58.4 Å². The highest BCUT2D eigenvalue weighted by molar-refractivity contribution is 6.31. The fourth-order valence-electron chi connectivity index (χ4n) is 2.58. The predicted molar refractivity (Wildman–Crippen MR) is 87.6 cm³/mol. The van der Waals surface area contributed by atoms with E-state index in [0.29, 0.717) is 13.1 Å². The van der Waals surface area contributed by atoms with Gasteiger partial charge in [-0.2, -0.15) is 0 Å². The molecule has 0 spiro atoms. The highest BCUT2D eigenvalue weighted by atomic mass is 35.5. The summed E-state index contributed by atoms with van der Waals surface area (Å²) in [4.78, 5) is 13.6. The van der Waals surface area contributed by atoms with Crippen LogP contribution in [0.1, 0.15) is 32.8 Å². The predicted octanol–water partition coefficient (Wildman–Crippen LogP) is 2.54. The van der Waals surface area contributed by atoms with E-state index in [-0.39, 0.29) is 17.4 Å². The van der Waals surface area contributed by atoms with Crippen LogP contribution in [0, 0.1) is 5.92 Å². The quantitative estimate of drug-likeness (QED) is 0.898. The summed E-state index contributed by atoms with van der Waals surface area (Å²) in [5.41, 5.74) is 7.63. The van der Waals surface area contributed by atoms with Crippen LogP contribution in [0.15, 0.2) is 18.2 Å². The monoisotopic (exact) mass is 309 g/mol. The molecule has 5 heteroatoms. The Morgan fingerprint density at radius 2 is 2.19 bits per heavy atom. The minimum Gasteiger partial charge on any atom is -0.370 e.